The van der Waals surface area contributed by atoms with E-state index >= 15 is 0 Å². The summed E-state index contributed by atoms with van der Waals surface area (Å²) in [6.07, 6.45) is 4.72. The Hall–Kier alpha value is -2.40. The van der Waals surface area contributed by atoms with Crippen molar-refractivity contribution in [3.8, 4) is 11.6 Å². The number of hydrogen-bond acceptors (Lipinski definition) is 4. The third-order valence-electron chi connectivity index (χ3n) is 4.81. The third kappa shape index (κ3) is 4.37. The van der Waals surface area contributed by atoms with E-state index in [9.17, 15) is 4.79 Å². The highest BCUT2D eigenvalue weighted by Crippen LogP contribution is 2.28. The van der Waals surface area contributed by atoms with Gasteiger partial charge in [-0.15, -0.1) is 0 Å². The number of fused-ring (bicyclic) bond motifs is 1. The van der Waals surface area contributed by atoms with Gasteiger partial charge >= 0.3 is 0 Å². The summed E-state index contributed by atoms with van der Waals surface area (Å²) in [4.78, 5) is 15.2. The molecule has 1 amide bonds. The number of benzene rings is 1. The number of nitrogens with one attached hydrogen (secondary N) is 1. The molecule has 0 bridgehead atoms. The van der Waals surface area contributed by atoms with Gasteiger partial charge in [-0.1, -0.05) is 26.3 Å². The van der Waals surface area contributed by atoms with E-state index in [1.54, 1.807) is 12.1 Å². The number of carbonyl (C=O) groups excluding carboxylic acids is 1. The van der Waals surface area contributed by atoms with Gasteiger partial charge in [0.1, 0.15) is 5.75 Å². The van der Waals surface area contributed by atoms with Crippen LogP contribution < -0.4 is 15.8 Å². The smallest absolute Gasteiger partial charge is 0.250 e. The molecule has 0 saturated heterocycles. The van der Waals surface area contributed by atoms with Crippen molar-refractivity contribution in [2.24, 2.45) is 11.7 Å². The molecule has 1 aliphatic carbocycles. The van der Waals surface area contributed by atoms with Crippen LogP contribution in [0.1, 0.15) is 41.8 Å². The number of nitrogens with zero attached hydrogens (tertiary/aromatic N) is 1. The Morgan fingerprint density at radius 3 is 2.80 bits per heavy atom. The lowest BCUT2D eigenvalue weighted by Gasteiger charge is -2.15. The number of primary amides is 1. The van der Waals surface area contributed by atoms with Crippen molar-refractivity contribution >= 4 is 5.91 Å². The highest BCUT2D eigenvalue weighted by atomic mass is 16.5. The number of nitrogens with two attached hydrogens (primary N) is 1. The molecule has 1 heterocycles. The van der Waals surface area contributed by atoms with Crippen LogP contribution in [0.5, 0.6) is 11.6 Å². The van der Waals surface area contributed by atoms with Crippen molar-refractivity contribution in [1.82, 2.24) is 10.3 Å². The molecule has 2 atom stereocenters. The van der Waals surface area contributed by atoms with Crippen molar-refractivity contribution in [2.75, 3.05) is 6.54 Å². The molecule has 2 aromatic rings. The minimum Gasteiger partial charge on any atom is -0.439 e. The fourth-order valence-corrected chi connectivity index (χ4v) is 3.02. The molecule has 0 radical (unpaired) electrons. The van der Waals surface area contributed by atoms with E-state index in [2.05, 4.69) is 36.3 Å². The Bertz CT molecular complexity index is 743. The van der Waals surface area contributed by atoms with Crippen molar-refractivity contribution < 1.29 is 9.53 Å². The zero-order valence-electron chi connectivity index (χ0n) is 14.8. The Balaban J connectivity index is 1.62. The zero-order chi connectivity index (χ0) is 17.8. The average molecular weight is 339 g/mol. The quantitative estimate of drug-likeness (QED) is 0.813. The van der Waals surface area contributed by atoms with E-state index < -0.39 is 5.91 Å². The first-order valence-electron chi connectivity index (χ1n) is 8.84. The summed E-state index contributed by atoms with van der Waals surface area (Å²) in [7, 11) is 0. The van der Waals surface area contributed by atoms with Crippen molar-refractivity contribution in [2.45, 2.75) is 39.2 Å². The molecular weight excluding hydrogens is 314 g/mol. The molecule has 3 rings (SSSR count). The predicted molar refractivity (Wildman–Crippen MR) is 97.9 cm³/mol. The second kappa shape index (κ2) is 7.66. The van der Waals surface area contributed by atoms with Crippen LogP contribution in [0.15, 0.2) is 36.5 Å². The minimum absolute atomic E-state index is 0.372. The molecule has 1 aromatic heterocycles. The van der Waals surface area contributed by atoms with Gasteiger partial charge in [-0.2, -0.15) is 0 Å². The van der Waals surface area contributed by atoms with E-state index in [-0.39, 0.29) is 0 Å². The number of ether oxygens (including phenoxy) is 1. The number of carbonyl (C=O) groups is 1. The Morgan fingerprint density at radius 1 is 1.32 bits per heavy atom. The highest BCUT2D eigenvalue weighted by molar-refractivity contribution is 5.92. The average Bonchev–Trinajstić information content (AvgIpc) is 3.02. The summed E-state index contributed by atoms with van der Waals surface area (Å²) >= 11 is 0. The van der Waals surface area contributed by atoms with E-state index in [1.165, 1.54) is 23.7 Å². The SMILES string of the molecule is CCC(C)CNC1Cc2ccc(Oc3ccc(C(N)=O)cn3)cc2C1. The van der Waals surface area contributed by atoms with Crippen molar-refractivity contribution in [3.63, 3.8) is 0 Å². The molecule has 0 spiro atoms. The molecule has 0 saturated carbocycles. The third-order valence-corrected chi connectivity index (χ3v) is 4.81. The largest absolute Gasteiger partial charge is 0.439 e. The number of rotatable bonds is 7. The van der Waals surface area contributed by atoms with E-state index in [4.69, 9.17) is 10.5 Å². The van der Waals surface area contributed by atoms with Gasteiger partial charge in [-0.3, -0.25) is 4.79 Å². The van der Waals surface area contributed by atoms with Gasteiger partial charge in [0.2, 0.25) is 11.8 Å². The molecule has 3 N–H and O–H groups in total. The zero-order valence-corrected chi connectivity index (χ0v) is 14.8. The van der Waals surface area contributed by atoms with Crippen LogP contribution in [-0.4, -0.2) is 23.5 Å². The normalized spacial score (nSPS) is 17.1. The Labute approximate surface area is 148 Å². The lowest BCUT2D eigenvalue weighted by atomic mass is 10.1. The first kappa shape index (κ1) is 17.4. The number of hydrogen-bond donors (Lipinski definition) is 2. The van der Waals surface area contributed by atoms with Crippen LogP contribution >= 0.6 is 0 Å². The maximum atomic E-state index is 11.1. The molecule has 5 heteroatoms. The van der Waals surface area contributed by atoms with Gasteiger partial charge in [0.05, 0.1) is 5.56 Å². The summed E-state index contributed by atoms with van der Waals surface area (Å²) in [6.45, 7) is 5.57. The lowest BCUT2D eigenvalue weighted by molar-refractivity contribution is 0.1000. The van der Waals surface area contributed by atoms with Gasteiger partial charge in [0, 0.05) is 18.3 Å². The standard InChI is InChI=1S/C20H25N3O2/c1-3-13(2)11-22-17-8-14-4-6-18(10-16(14)9-17)25-19-7-5-15(12-23-19)20(21)24/h4-7,10,12-13,17,22H,3,8-9,11H2,1-2H3,(H2,21,24). The molecule has 0 aliphatic heterocycles. The van der Waals surface area contributed by atoms with Gasteiger partial charge in [0.15, 0.2) is 0 Å². The topological polar surface area (TPSA) is 77.2 Å². The summed E-state index contributed by atoms with van der Waals surface area (Å²) in [5.41, 5.74) is 8.30. The Kier molecular flexibility index (Phi) is 5.34. The van der Waals surface area contributed by atoms with Crippen molar-refractivity contribution in [1.29, 1.82) is 0 Å². The summed E-state index contributed by atoms with van der Waals surface area (Å²) in [5.74, 6) is 1.43. The van der Waals surface area contributed by atoms with Crippen LogP contribution in [0.3, 0.4) is 0 Å². The van der Waals surface area contributed by atoms with Crippen LogP contribution in [0.4, 0.5) is 0 Å². The van der Waals surface area contributed by atoms with Crippen LogP contribution in [0, 0.1) is 5.92 Å². The maximum Gasteiger partial charge on any atom is 0.250 e. The fourth-order valence-electron chi connectivity index (χ4n) is 3.02. The number of pyridine rings is 1. The summed E-state index contributed by atoms with van der Waals surface area (Å²) in [6, 6.07) is 9.97. The molecule has 1 aliphatic rings. The van der Waals surface area contributed by atoms with E-state index in [0.29, 0.717) is 23.4 Å². The number of aromatic nitrogens is 1. The number of amides is 1. The predicted octanol–water partition coefficient (Wildman–Crippen LogP) is 3.08. The highest BCUT2D eigenvalue weighted by Gasteiger charge is 2.22. The monoisotopic (exact) mass is 339 g/mol. The van der Waals surface area contributed by atoms with Gasteiger partial charge in [-0.25, -0.2) is 4.98 Å². The lowest BCUT2D eigenvalue weighted by Crippen LogP contribution is -2.33. The first-order chi connectivity index (χ1) is 12.0. The summed E-state index contributed by atoms with van der Waals surface area (Å²) < 4.78 is 5.81. The molecule has 0 fully saturated rings. The fraction of sp³-hybridized carbons (Fsp3) is 0.400. The summed E-state index contributed by atoms with van der Waals surface area (Å²) in [5, 5.41) is 3.67. The van der Waals surface area contributed by atoms with E-state index in [0.717, 1.165) is 25.1 Å². The van der Waals surface area contributed by atoms with Gasteiger partial charge in [-0.05, 0) is 54.6 Å². The second-order valence-corrected chi connectivity index (χ2v) is 6.81. The molecular formula is C20H25N3O2. The van der Waals surface area contributed by atoms with Gasteiger partial charge in [0.25, 0.3) is 0 Å². The van der Waals surface area contributed by atoms with Crippen LogP contribution in [0.25, 0.3) is 0 Å². The van der Waals surface area contributed by atoms with Crippen LogP contribution in [-0.2, 0) is 12.8 Å². The van der Waals surface area contributed by atoms with Gasteiger partial charge < -0.3 is 15.8 Å². The van der Waals surface area contributed by atoms with Crippen molar-refractivity contribution in [3.05, 3.63) is 53.2 Å². The van der Waals surface area contributed by atoms with E-state index in [1.807, 2.05) is 6.07 Å². The molecule has 2 unspecified atom stereocenters. The minimum atomic E-state index is -0.493. The molecule has 5 nitrogen and oxygen atoms in total. The molecule has 25 heavy (non-hydrogen) atoms. The molecule has 132 valence electrons. The Morgan fingerprint density at radius 2 is 2.12 bits per heavy atom. The first-order valence-corrected chi connectivity index (χ1v) is 8.84. The van der Waals surface area contributed by atoms with Crippen LogP contribution in [0.2, 0.25) is 0 Å². The second-order valence-electron chi connectivity index (χ2n) is 6.81. The molecule has 1 aromatic carbocycles. The maximum absolute atomic E-state index is 11.1.